The lowest BCUT2D eigenvalue weighted by atomic mass is 10.0. The van der Waals surface area contributed by atoms with Crippen molar-refractivity contribution in [2.45, 2.75) is 25.3 Å². The highest BCUT2D eigenvalue weighted by Gasteiger charge is 2.24. The Morgan fingerprint density at radius 2 is 2.00 bits per heavy atom. The highest BCUT2D eigenvalue weighted by Crippen LogP contribution is 2.17. The van der Waals surface area contributed by atoms with Gasteiger partial charge >= 0.3 is 5.97 Å². The Balaban J connectivity index is 1.99. The Labute approximate surface area is 122 Å². The van der Waals surface area contributed by atoms with Gasteiger partial charge in [0.15, 0.2) is 0 Å². The van der Waals surface area contributed by atoms with Crippen LogP contribution in [0.25, 0.3) is 0 Å². The Hall–Kier alpha value is -2.37. The number of carbonyl (C=O) groups is 3. The van der Waals surface area contributed by atoms with Gasteiger partial charge in [0.1, 0.15) is 0 Å². The van der Waals surface area contributed by atoms with E-state index in [0.29, 0.717) is 13.0 Å². The van der Waals surface area contributed by atoms with Crippen LogP contribution in [-0.4, -0.2) is 40.9 Å². The number of rotatable bonds is 6. The van der Waals surface area contributed by atoms with E-state index in [1.165, 1.54) is 4.90 Å². The van der Waals surface area contributed by atoms with Gasteiger partial charge in [-0.25, -0.2) is 0 Å². The molecule has 2 rings (SSSR count). The van der Waals surface area contributed by atoms with Crippen LogP contribution in [0.1, 0.15) is 30.9 Å². The first-order chi connectivity index (χ1) is 10.1. The lowest BCUT2D eigenvalue weighted by Crippen LogP contribution is -2.39. The summed E-state index contributed by atoms with van der Waals surface area (Å²) in [6, 6.07) is 8.37. The number of nitrogens with one attached hydrogen (secondary N) is 1. The molecule has 1 aromatic rings. The van der Waals surface area contributed by atoms with Crippen molar-refractivity contribution in [3.8, 4) is 0 Å². The van der Waals surface area contributed by atoms with Gasteiger partial charge in [0.05, 0.1) is 19.0 Å². The fourth-order valence-electron chi connectivity index (χ4n) is 2.40. The first kappa shape index (κ1) is 15.0. The molecule has 1 aromatic carbocycles. The molecule has 0 aliphatic carbocycles. The second-order valence-electron chi connectivity index (χ2n) is 5.05. The minimum atomic E-state index is -0.985. The molecule has 1 saturated heterocycles. The van der Waals surface area contributed by atoms with E-state index in [2.05, 4.69) is 5.32 Å². The van der Waals surface area contributed by atoms with Gasteiger partial charge in [-0.3, -0.25) is 14.4 Å². The van der Waals surface area contributed by atoms with E-state index in [1.807, 2.05) is 6.07 Å². The van der Waals surface area contributed by atoms with Crippen LogP contribution in [0.15, 0.2) is 30.3 Å². The lowest BCUT2D eigenvalue weighted by Gasteiger charge is -2.20. The van der Waals surface area contributed by atoms with Crippen LogP contribution in [0.3, 0.4) is 0 Å². The van der Waals surface area contributed by atoms with E-state index in [9.17, 15) is 14.4 Å². The monoisotopic (exact) mass is 290 g/mol. The Morgan fingerprint density at radius 3 is 2.57 bits per heavy atom. The van der Waals surface area contributed by atoms with E-state index in [-0.39, 0.29) is 24.8 Å². The predicted octanol–water partition coefficient (Wildman–Crippen LogP) is 0.941. The third-order valence-corrected chi connectivity index (χ3v) is 3.42. The first-order valence-electron chi connectivity index (χ1n) is 6.90. The van der Waals surface area contributed by atoms with Gasteiger partial charge in [-0.2, -0.15) is 0 Å². The van der Waals surface area contributed by atoms with Crippen molar-refractivity contribution in [3.63, 3.8) is 0 Å². The zero-order valence-corrected chi connectivity index (χ0v) is 11.6. The molecule has 1 atom stereocenters. The van der Waals surface area contributed by atoms with E-state index >= 15 is 0 Å². The molecule has 0 bridgehead atoms. The third kappa shape index (κ3) is 4.30. The Kier molecular flexibility index (Phi) is 4.92. The van der Waals surface area contributed by atoms with Gasteiger partial charge < -0.3 is 15.3 Å². The van der Waals surface area contributed by atoms with E-state index in [1.54, 1.807) is 24.3 Å². The van der Waals surface area contributed by atoms with Gasteiger partial charge in [0.25, 0.3) is 0 Å². The number of carboxylic acid groups (broad SMARTS) is 1. The van der Waals surface area contributed by atoms with E-state index < -0.39 is 12.0 Å². The third-order valence-electron chi connectivity index (χ3n) is 3.42. The minimum Gasteiger partial charge on any atom is -0.481 e. The van der Waals surface area contributed by atoms with Gasteiger partial charge in [0, 0.05) is 13.0 Å². The molecule has 1 unspecified atom stereocenters. The second kappa shape index (κ2) is 6.88. The molecule has 2 N–H and O–H groups in total. The van der Waals surface area contributed by atoms with Crippen LogP contribution in [0, 0.1) is 0 Å². The standard InChI is InChI=1S/C15H18N2O4/c18-13(10-17-8-4-7-14(17)19)16-12(9-15(20)21)11-5-2-1-3-6-11/h1-3,5-6,12H,4,7-10H2,(H,16,18)(H,20,21). The van der Waals surface area contributed by atoms with Gasteiger partial charge in [-0.05, 0) is 12.0 Å². The number of carbonyl (C=O) groups excluding carboxylic acids is 2. The summed E-state index contributed by atoms with van der Waals surface area (Å²) in [6.07, 6.45) is 1.05. The number of carboxylic acids is 1. The van der Waals surface area contributed by atoms with Gasteiger partial charge in [0.2, 0.25) is 11.8 Å². The zero-order valence-electron chi connectivity index (χ0n) is 11.6. The molecule has 1 aliphatic heterocycles. The summed E-state index contributed by atoms with van der Waals surface area (Å²) in [5.74, 6) is -1.35. The van der Waals surface area contributed by atoms with Crippen LogP contribution in [0.2, 0.25) is 0 Å². The van der Waals surface area contributed by atoms with Crippen molar-refractivity contribution in [1.29, 1.82) is 0 Å². The maximum Gasteiger partial charge on any atom is 0.305 e. The van der Waals surface area contributed by atoms with Crippen LogP contribution >= 0.6 is 0 Å². The number of hydrogen-bond acceptors (Lipinski definition) is 3. The largest absolute Gasteiger partial charge is 0.481 e. The quantitative estimate of drug-likeness (QED) is 0.816. The van der Waals surface area contributed by atoms with Crippen molar-refractivity contribution in [1.82, 2.24) is 10.2 Å². The fourth-order valence-corrected chi connectivity index (χ4v) is 2.40. The molecule has 1 heterocycles. The average Bonchev–Trinajstić information content (AvgIpc) is 2.84. The van der Waals surface area contributed by atoms with E-state index in [4.69, 9.17) is 5.11 Å². The summed E-state index contributed by atoms with van der Waals surface area (Å²) >= 11 is 0. The topological polar surface area (TPSA) is 86.7 Å². The molecular formula is C15H18N2O4. The highest BCUT2D eigenvalue weighted by atomic mass is 16.4. The number of amides is 2. The molecule has 1 fully saturated rings. The van der Waals surface area contributed by atoms with Crippen LogP contribution < -0.4 is 5.32 Å². The van der Waals surface area contributed by atoms with Crippen LogP contribution in [0.4, 0.5) is 0 Å². The number of aliphatic carboxylic acids is 1. The molecule has 1 aliphatic rings. The van der Waals surface area contributed by atoms with Crippen molar-refractivity contribution in [2.24, 2.45) is 0 Å². The average molecular weight is 290 g/mol. The zero-order chi connectivity index (χ0) is 15.2. The Morgan fingerprint density at radius 1 is 1.29 bits per heavy atom. The maximum absolute atomic E-state index is 12.0. The second-order valence-corrected chi connectivity index (χ2v) is 5.05. The summed E-state index contributed by atoms with van der Waals surface area (Å²) in [4.78, 5) is 36.0. The molecule has 2 amide bonds. The molecule has 6 heteroatoms. The van der Waals surface area contributed by atoms with Gasteiger partial charge in [-0.15, -0.1) is 0 Å². The van der Waals surface area contributed by atoms with Crippen molar-refractivity contribution in [2.75, 3.05) is 13.1 Å². The smallest absolute Gasteiger partial charge is 0.305 e. The van der Waals surface area contributed by atoms with Crippen LogP contribution in [0.5, 0.6) is 0 Å². The molecule has 0 aromatic heterocycles. The maximum atomic E-state index is 12.0. The molecular weight excluding hydrogens is 272 g/mol. The first-order valence-corrected chi connectivity index (χ1v) is 6.90. The highest BCUT2D eigenvalue weighted by molar-refractivity contribution is 5.86. The lowest BCUT2D eigenvalue weighted by molar-refractivity contribution is -0.138. The summed E-state index contributed by atoms with van der Waals surface area (Å²) in [5.41, 5.74) is 0.737. The molecule has 21 heavy (non-hydrogen) atoms. The number of benzene rings is 1. The summed E-state index contributed by atoms with van der Waals surface area (Å²) in [5, 5.41) is 11.7. The number of nitrogens with zero attached hydrogens (tertiary/aromatic N) is 1. The molecule has 0 spiro atoms. The van der Waals surface area contributed by atoms with E-state index in [0.717, 1.165) is 12.0 Å². The predicted molar refractivity (Wildman–Crippen MR) is 75.4 cm³/mol. The minimum absolute atomic E-state index is 0.0121. The van der Waals surface area contributed by atoms with Crippen LogP contribution in [-0.2, 0) is 14.4 Å². The molecule has 6 nitrogen and oxygen atoms in total. The summed E-state index contributed by atoms with van der Waals surface area (Å²) < 4.78 is 0. The summed E-state index contributed by atoms with van der Waals surface area (Å²) in [7, 11) is 0. The van der Waals surface area contributed by atoms with Crippen molar-refractivity contribution >= 4 is 17.8 Å². The molecule has 112 valence electrons. The number of hydrogen-bond donors (Lipinski definition) is 2. The SMILES string of the molecule is O=C(O)CC(NC(=O)CN1CCCC1=O)c1ccccc1. The normalized spacial score (nSPS) is 15.8. The van der Waals surface area contributed by atoms with Crippen molar-refractivity contribution < 1.29 is 19.5 Å². The van der Waals surface area contributed by atoms with Gasteiger partial charge in [-0.1, -0.05) is 30.3 Å². The summed E-state index contributed by atoms with van der Waals surface area (Å²) in [6.45, 7) is 0.572. The number of likely N-dealkylation sites (tertiary alicyclic amines) is 1. The molecule has 0 radical (unpaired) electrons. The molecule has 0 saturated carbocycles. The van der Waals surface area contributed by atoms with Crippen molar-refractivity contribution in [3.05, 3.63) is 35.9 Å². The Bertz CT molecular complexity index is 530. The fraction of sp³-hybridized carbons (Fsp3) is 0.400.